The Morgan fingerprint density at radius 1 is 1.44 bits per heavy atom. The summed E-state index contributed by atoms with van der Waals surface area (Å²) in [5, 5.41) is 7.65. The quantitative estimate of drug-likeness (QED) is 0.858. The number of rotatable bonds is 5. The van der Waals surface area contributed by atoms with Crippen molar-refractivity contribution in [2.75, 3.05) is 6.54 Å². The van der Waals surface area contributed by atoms with E-state index in [1.54, 1.807) is 22.7 Å². The van der Waals surface area contributed by atoms with Crippen molar-refractivity contribution in [1.29, 1.82) is 0 Å². The second-order valence-corrected chi connectivity index (χ2v) is 6.46. The Labute approximate surface area is 112 Å². The van der Waals surface area contributed by atoms with Gasteiger partial charge in [-0.1, -0.05) is 28.6 Å². The first kappa shape index (κ1) is 12.0. The highest BCUT2D eigenvalue weighted by Gasteiger charge is 2.02. The molecular weight excluding hydrogens is 302 g/mol. The van der Waals surface area contributed by atoms with Gasteiger partial charge < -0.3 is 5.32 Å². The van der Waals surface area contributed by atoms with Crippen molar-refractivity contribution in [3.05, 3.63) is 44.9 Å². The van der Waals surface area contributed by atoms with Crippen molar-refractivity contribution >= 4 is 38.6 Å². The Bertz CT molecular complexity index is 459. The zero-order valence-electron chi connectivity index (χ0n) is 8.70. The van der Waals surface area contributed by atoms with Crippen LogP contribution in [0.3, 0.4) is 0 Å². The lowest BCUT2D eigenvalue weighted by atomic mass is 10.2. The third-order valence-corrected chi connectivity index (χ3v) is 4.21. The van der Waals surface area contributed by atoms with Crippen LogP contribution in [0.5, 0.6) is 0 Å². The molecule has 0 radical (unpaired) electrons. The van der Waals surface area contributed by atoms with Crippen LogP contribution in [0.25, 0.3) is 10.4 Å². The molecule has 1 nitrogen and oxygen atoms in total. The molecular formula is C12H12BrNS2. The first-order chi connectivity index (χ1) is 7.75. The SMILES string of the molecule is C=C(Br)CNCc1cc(-c2cccs2)cs1. The maximum Gasteiger partial charge on any atom is 0.0351 e. The van der Waals surface area contributed by atoms with Gasteiger partial charge in [0.05, 0.1) is 0 Å². The number of nitrogens with one attached hydrogen (secondary N) is 1. The van der Waals surface area contributed by atoms with Gasteiger partial charge in [-0.3, -0.25) is 0 Å². The third kappa shape index (κ3) is 3.28. The number of hydrogen-bond donors (Lipinski definition) is 1. The summed E-state index contributed by atoms with van der Waals surface area (Å²) >= 11 is 6.91. The Hall–Kier alpha value is -0.420. The molecule has 0 aliphatic heterocycles. The molecule has 0 aliphatic carbocycles. The van der Waals surface area contributed by atoms with E-state index in [-0.39, 0.29) is 0 Å². The van der Waals surface area contributed by atoms with Gasteiger partial charge in [0.15, 0.2) is 0 Å². The van der Waals surface area contributed by atoms with Crippen LogP contribution in [0.4, 0.5) is 0 Å². The van der Waals surface area contributed by atoms with Crippen molar-refractivity contribution < 1.29 is 0 Å². The van der Waals surface area contributed by atoms with Gasteiger partial charge in [0, 0.05) is 32.9 Å². The lowest BCUT2D eigenvalue weighted by Crippen LogP contribution is -2.13. The fourth-order valence-electron chi connectivity index (χ4n) is 1.37. The minimum Gasteiger partial charge on any atom is -0.307 e. The van der Waals surface area contributed by atoms with E-state index >= 15 is 0 Å². The zero-order chi connectivity index (χ0) is 11.4. The molecule has 0 bridgehead atoms. The van der Waals surface area contributed by atoms with Gasteiger partial charge in [0.2, 0.25) is 0 Å². The normalized spacial score (nSPS) is 10.6. The van der Waals surface area contributed by atoms with Crippen molar-refractivity contribution in [1.82, 2.24) is 5.32 Å². The standard InChI is InChI=1S/C12H12BrNS2/c1-9(13)6-14-7-11-5-10(8-16-11)12-3-2-4-15-12/h2-5,8,14H,1,6-7H2. The lowest BCUT2D eigenvalue weighted by Gasteiger charge is -1.99. The predicted molar refractivity (Wildman–Crippen MR) is 77.4 cm³/mol. The van der Waals surface area contributed by atoms with Crippen LogP contribution in [0, 0.1) is 0 Å². The lowest BCUT2D eigenvalue weighted by molar-refractivity contribution is 0.767. The Balaban J connectivity index is 1.95. The van der Waals surface area contributed by atoms with Gasteiger partial charge in [-0.25, -0.2) is 0 Å². The molecule has 0 spiro atoms. The molecule has 0 unspecified atom stereocenters. The second-order valence-electron chi connectivity index (χ2n) is 3.40. The van der Waals surface area contributed by atoms with Gasteiger partial charge in [0.25, 0.3) is 0 Å². The van der Waals surface area contributed by atoms with E-state index in [2.05, 4.69) is 56.8 Å². The number of hydrogen-bond acceptors (Lipinski definition) is 3. The van der Waals surface area contributed by atoms with Gasteiger partial charge in [-0.2, -0.15) is 0 Å². The van der Waals surface area contributed by atoms with Crippen molar-refractivity contribution in [2.24, 2.45) is 0 Å². The number of halogens is 1. The Kier molecular flexibility index (Phi) is 4.35. The number of thiophene rings is 2. The average Bonchev–Trinajstić information content (AvgIpc) is 2.85. The van der Waals surface area contributed by atoms with Crippen LogP contribution >= 0.6 is 38.6 Å². The summed E-state index contributed by atoms with van der Waals surface area (Å²) in [4.78, 5) is 2.70. The summed E-state index contributed by atoms with van der Waals surface area (Å²) in [7, 11) is 0. The topological polar surface area (TPSA) is 12.0 Å². The predicted octanol–water partition coefficient (Wildman–Crippen LogP) is 4.47. The van der Waals surface area contributed by atoms with E-state index in [0.717, 1.165) is 17.6 Å². The molecule has 0 saturated heterocycles. The molecule has 0 aliphatic rings. The highest BCUT2D eigenvalue weighted by Crippen LogP contribution is 2.29. The van der Waals surface area contributed by atoms with Crippen LogP contribution in [-0.2, 0) is 6.54 Å². The maximum absolute atomic E-state index is 3.79. The van der Waals surface area contributed by atoms with E-state index < -0.39 is 0 Å². The van der Waals surface area contributed by atoms with Gasteiger partial charge in [-0.05, 0) is 22.9 Å². The molecule has 16 heavy (non-hydrogen) atoms. The fourth-order valence-corrected chi connectivity index (χ4v) is 3.21. The largest absolute Gasteiger partial charge is 0.307 e. The molecule has 2 aromatic rings. The maximum atomic E-state index is 3.79. The highest BCUT2D eigenvalue weighted by atomic mass is 79.9. The van der Waals surface area contributed by atoms with Crippen LogP contribution in [-0.4, -0.2) is 6.54 Å². The highest BCUT2D eigenvalue weighted by molar-refractivity contribution is 9.11. The summed E-state index contributed by atoms with van der Waals surface area (Å²) in [6.07, 6.45) is 0. The summed E-state index contributed by atoms with van der Waals surface area (Å²) in [5.74, 6) is 0. The summed E-state index contributed by atoms with van der Waals surface area (Å²) in [6, 6.07) is 6.50. The molecule has 0 saturated carbocycles. The van der Waals surface area contributed by atoms with Crippen molar-refractivity contribution in [3.8, 4) is 10.4 Å². The van der Waals surface area contributed by atoms with Crippen LogP contribution in [0.1, 0.15) is 4.88 Å². The molecule has 2 heterocycles. The van der Waals surface area contributed by atoms with Crippen LogP contribution in [0.2, 0.25) is 0 Å². The monoisotopic (exact) mass is 313 g/mol. The van der Waals surface area contributed by atoms with E-state index in [9.17, 15) is 0 Å². The summed E-state index contributed by atoms with van der Waals surface area (Å²) in [5.41, 5.74) is 1.33. The Morgan fingerprint density at radius 3 is 3.00 bits per heavy atom. The minimum absolute atomic E-state index is 0.812. The molecule has 2 rings (SSSR count). The van der Waals surface area contributed by atoms with Crippen molar-refractivity contribution in [3.63, 3.8) is 0 Å². The zero-order valence-corrected chi connectivity index (χ0v) is 11.9. The van der Waals surface area contributed by atoms with E-state index in [1.807, 2.05) is 0 Å². The molecule has 0 atom stereocenters. The van der Waals surface area contributed by atoms with Gasteiger partial charge in [-0.15, -0.1) is 22.7 Å². The van der Waals surface area contributed by atoms with E-state index in [0.29, 0.717) is 0 Å². The molecule has 0 fully saturated rings. The first-order valence-corrected chi connectivity index (χ1v) is 7.46. The smallest absolute Gasteiger partial charge is 0.0351 e. The minimum atomic E-state index is 0.812. The van der Waals surface area contributed by atoms with Crippen LogP contribution in [0.15, 0.2) is 40.0 Å². The van der Waals surface area contributed by atoms with E-state index in [4.69, 9.17) is 0 Å². The fraction of sp³-hybridized carbons (Fsp3) is 0.167. The summed E-state index contributed by atoms with van der Waals surface area (Å²) in [6.45, 7) is 5.51. The second kappa shape index (κ2) is 5.77. The molecule has 84 valence electrons. The first-order valence-electron chi connectivity index (χ1n) is 4.91. The van der Waals surface area contributed by atoms with Crippen LogP contribution < -0.4 is 5.32 Å². The Morgan fingerprint density at radius 2 is 2.31 bits per heavy atom. The molecule has 0 amide bonds. The van der Waals surface area contributed by atoms with Crippen molar-refractivity contribution in [2.45, 2.75) is 6.54 Å². The summed E-state index contributed by atoms with van der Waals surface area (Å²) < 4.78 is 0.988. The van der Waals surface area contributed by atoms with E-state index in [1.165, 1.54) is 15.3 Å². The third-order valence-electron chi connectivity index (χ3n) is 2.08. The molecule has 0 aromatic carbocycles. The molecule has 1 N–H and O–H groups in total. The van der Waals surface area contributed by atoms with Gasteiger partial charge >= 0.3 is 0 Å². The molecule has 2 aromatic heterocycles. The molecule has 4 heteroatoms. The van der Waals surface area contributed by atoms with Gasteiger partial charge in [0.1, 0.15) is 0 Å². The average molecular weight is 314 g/mol.